The van der Waals surface area contributed by atoms with E-state index in [1.165, 1.54) is 12.1 Å². The van der Waals surface area contributed by atoms with Crippen molar-refractivity contribution < 1.29 is 13.5 Å². The van der Waals surface area contributed by atoms with Crippen LogP contribution in [-0.2, 0) is 0 Å². The molecule has 0 aliphatic rings. The molecule has 1 aromatic heterocycles. The lowest BCUT2D eigenvalue weighted by atomic mass is 10.2. The minimum Gasteiger partial charge on any atom is -0.488 e. The Kier molecular flexibility index (Phi) is 3.66. The average molecular weight is 256 g/mol. The molecule has 0 radical (unpaired) electrons. The van der Waals surface area contributed by atoms with Crippen molar-refractivity contribution in [3.63, 3.8) is 0 Å². The highest BCUT2D eigenvalue weighted by atomic mass is 35.5. The number of para-hydroxylation sites is 1. The van der Waals surface area contributed by atoms with Crippen LogP contribution in [0, 0.1) is 5.82 Å². The molecule has 0 spiro atoms. The van der Waals surface area contributed by atoms with Gasteiger partial charge in [0.15, 0.2) is 16.8 Å². The van der Waals surface area contributed by atoms with Crippen molar-refractivity contribution in [1.29, 1.82) is 0 Å². The van der Waals surface area contributed by atoms with Crippen molar-refractivity contribution in [2.45, 2.75) is 6.04 Å². The summed E-state index contributed by atoms with van der Waals surface area (Å²) in [5, 5.41) is 0.265. The van der Waals surface area contributed by atoms with Gasteiger partial charge in [-0.1, -0.05) is 12.1 Å². The van der Waals surface area contributed by atoms with Gasteiger partial charge in [0.1, 0.15) is 12.4 Å². The number of benzene rings is 1. The molecule has 2 aromatic rings. The number of halogens is 2. The summed E-state index contributed by atoms with van der Waals surface area (Å²) in [6.07, 6.45) is 0. The highest BCUT2D eigenvalue weighted by Crippen LogP contribution is 2.21. The van der Waals surface area contributed by atoms with E-state index < -0.39 is 11.9 Å². The first-order chi connectivity index (χ1) is 8.16. The minimum atomic E-state index is -0.484. The summed E-state index contributed by atoms with van der Waals surface area (Å²) in [4.78, 5) is 0. The largest absolute Gasteiger partial charge is 0.488 e. The third-order valence-corrected chi connectivity index (χ3v) is 2.42. The molecule has 2 N–H and O–H groups in total. The van der Waals surface area contributed by atoms with Crippen LogP contribution >= 0.6 is 11.6 Å². The molecule has 0 bridgehead atoms. The zero-order valence-corrected chi connectivity index (χ0v) is 9.65. The Morgan fingerprint density at radius 1 is 1.29 bits per heavy atom. The van der Waals surface area contributed by atoms with Crippen molar-refractivity contribution >= 4 is 11.6 Å². The first-order valence-electron chi connectivity index (χ1n) is 5.05. The van der Waals surface area contributed by atoms with Gasteiger partial charge in [-0.15, -0.1) is 0 Å². The number of furan rings is 1. The molecular formula is C12H11ClFNO2. The zero-order valence-electron chi connectivity index (χ0n) is 8.90. The van der Waals surface area contributed by atoms with E-state index in [9.17, 15) is 4.39 Å². The number of hydrogen-bond acceptors (Lipinski definition) is 3. The topological polar surface area (TPSA) is 48.4 Å². The van der Waals surface area contributed by atoms with Crippen molar-refractivity contribution in [3.8, 4) is 5.75 Å². The molecule has 0 fully saturated rings. The molecule has 0 saturated heterocycles. The van der Waals surface area contributed by atoms with Crippen molar-refractivity contribution in [3.05, 3.63) is 53.2 Å². The third-order valence-electron chi connectivity index (χ3n) is 2.21. The molecule has 3 nitrogen and oxygen atoms in total. The maximum absolute atomic E-state index is 13.2. The van der Waals surface area contributed by atoms with E-state index in [1.807, 2.05) is 0 Å². The van der Waals surface area contributed by atoms with Crippen LogP contribution in [0.3, 0.4) is 0 Å². The lowest BCUT2D eigenvalue weighted by Crippen LogP contribution is -2.18. The normalized spacial score (nSPS) is 12.4. The van der Waals surface area contributed by atoms with Crippen LogP contribution in [0.1, 0.15) is 11.8 Å². The fourth-order valence-corrected chi connectivity index (χ4v) is 1.50. The van der Waals surface area contributed by atoms with E-state index in [4.69, 9.17) is 26.5 Å². The predicted molar refractivity (Wildman–Crippen MR) is 62.5 cm³/mol. The minimum absolute atomic E-state index is 0.116. The van der Waals surface area contributed by atoms with Crippen LogP contribution in [0.25, 0.3) is 0 Å². The van der Waals surface area contributed by atoms with Crippen LogP contribution in [0.4, 0.5) is 4.39 Å². The van der Waals surface area contributed by atoms with Gasteiger partial charge in [-0.2, -0.15) is 0 Å². The van der Waals surface area contributed by atoms with E-state index in [0.717, 1.165) is 0 Å². The van der Waals surface area contributed by atoms with Crippen molar-refractivity contribution in [2.24, 2.45) is 5.73 Å². The molecule has 0 aliphatic heterocycles. The van der Waals surface area contributed by atoms with E-state index in [0.29, 0.717) is 5.76 Å². The predicted octanol–water partition coefficient (Wildman–Crippen LogP) is 3.15. The molecule has 2 rings (SSSR count). The third kappa shape index (κ3) is 2.99. The van der Waals surface area contributed by atoms with Crippen LogP contribution in [0.15, 0.2) is 40.8 Å². The SMILES string of the molecule is NC(COc1ccccc1F)c1ccc(Cl)o1. The summed E-state index contributed by atoms with van der Waals surface area (Å²) in [6.45, 7) is 0.116. The summed E-state index contributed by atoms with van der Waals surface area (Å²) >= 11 is 5.62. The molecule has 1 aromatic carbocycles. The molecule has 1 heterocycles. The molecule has 1 unspecified atom stereocenters. The van der Waals surface area contributed by atoms with Gasteiger partial charge in [-0.05, 0) is 35.9 Å². The first kappa shape index (κ1) is 12.0. The van der Waals surface area contributed by atoms with Gasteiger partial charge in [-0.25, -0.2) is 4.39 Å². The van der Waals surface area contributed by atoms with Crippen LogP contribution < -0.4 is 10.5 Å². The summed E-state index contributed by atoms with van der Waals surface area (Å²) in [5.74, 6) is 0.254. The Hall–Kier alpha value is -1.52. The number of hydrogen-bond donors (Lipinski definition) is 1. The Morgan fingerprint density at radius 2 is 2.06 bits per heavy atom. The molecule has 0 amide bonds. The molecule has 0 aliphatic carbocycles. The molecule has 17 heavy (non-hydrogen) atoms. The van der Waals surface area contributed by atoms with E-state index in [1.54, 1.807) is 24.3 Å². The number of ether oxygens (including phenoxy) is 1. The second-order valence-electron chi connectivity index (χ2n) is 3.49. The monoisotopic (exact) mass is 255 g/mol. The van der Waals surface area contributed by atoms with E-state index in [-0.39, 0.29) is 17.6 Å². The highest BCUT2D eigenvalue weighted by molar-refractivity contribution is 6.28. The fourth-order valence-electron chi connectivity index (χ4n) is 1.35. The van der Waals surface area contributed by atoms with Gasteiger partial charge in [0.2, 0.25) is 0 Å². The molecule has 1 atom stereocenters. The molecule has 90 valence electrons. The molecule has 0 saturated carbocycles. The lowest BCUT2D eigenvalue weighted by Gasteiger charge is -2.11. The Bertz CT molecular complexity index is 501. The van der Waals surface area contributed by atoms with Gasteiger partial charge < -0.3 is 14.9 Å². The smallest absolute Gasteiger partial charge is 0.193 e. The average Bonchev–Trinajstić information content (AvgIpc) is 2.74. The van der Waals surface area contributed by atoms with Crippen molar-refractivity contribution in [2.75, 3.05) is 6.61 Å². The van der Waals surface area contributed by atoms with Gasteiger partial charge in [-0.3, -0.25) is 0 Å². The Balaban J connectivity index is 1.97. The maximum Gasteiger partial charge on any atom is 0.193 e. The second kappa shape index (κ2) is 5.21. The van der Waals surface area contributed by atoms with Crippen LogP contribution in [-0.4, -0.2) is 6.61 Å². The summed E-state index contributed by atoms with van der Waals surface area (Å²) in [5.41, 5.74) is 5.81. The van der Waals surface area contributed by atoms with E-state index in [2.05, 4.69) is 0 Å². The second-order valence-corrected chi connectivity index (χ2v) is 3.86. The van der Waals surface area contributed by atoms with Gasteiger partial charge in [0.25, 0.3) is 0 Å². The maximum atomic E-state index is 13.2. The van der Waals surface area contributed by atoms with E-state index >= 15 is 0 Å². The zero-order chi connectivity index (χ0) is 12.3. The number of nitrogens with two attached hydrogens (primary N) is 1. The number of rotatable bonds is 4. The quantitative estimate of drug-likeness (QED) is 0.913. The molecule has 5 heteroatoms. The van der Waals surface area contributed by atoms with Crippen LogP contribution in [0.2, 0.25) is 5.22 Å². The highest BCUT2D eigenvalue weighted by Gasteiger charge is 2.12. The molecular weight excluding hydrogens is 245 g/mol. The van der Waals surface area contributed by atoms with Crippen molar-refractivity contribution in [1.82, 2.24) is 0 Å². The summed E-state index contributed by atoms with van der Waals surface area (Å²) in [6, 6.07) is 8.92. The van der Waals surface area contributed by atoms with Gasteiger partial charge in [0, 0.05) is 0 Å². The summed E-state index contributed by atoms with van der Waals surface area (Å²) < 4.78 is 23.6. The summed E-state index contributed by atoms with van der Waals surface area (Å²) in [7, 11) is 0. The fraction of sp³-hybridized carbons (Fsp3) is 0.167. The Morgan fingerprint density at radius 3 is 2.71 bits per heavy atom. The van der Waals surface area contributed by atoms with Gasteiger partial charge >= 0.3 is 0 Å². The first-order valence-corrected chi connectivity index (χ1v) is 5.43. The lowest BCUT2D eigenvalue weighted by molar-refractivity contribution is 0.262. The van der Waals surface area contributed by atoms with Gasteiger partial charge in [0.05, 0.1) is 6.04 Å². The standard InChI is InChI=1S/C12H11ClFNO2/c13-12-6-5-11(17-12)9(15)7-16-10-4-2-1-3-8(10)14/h1-6,9H,7,15H2. The Labute approximate surface area is 103 Å². The van der Waals surface area contributed by atoms with Crippen LogP contribution in [0.5, 0.6) is 5.75 Å².